The van der Waals surface area contributed by atoms with Crippen LogP contribution in [-0.4, -0.2) is 24.5 Å². The van der Waals surface area contributed by atoms with Gasteiger partial charge in [0.1, 0.15) is 10.7 Å². The topological polar surface area (TPSA) is 74.3 Å². The van der Waals surface area contributed by atoms with Gasteiger partial charge in [-0.05, 0) is 55.9 Å². The molecule has 0 amide bonds. The van der Waals surface area contributed by atoms with Gasteiger partial charge in [0.25, 0.3) is 0 Å². The molecule has 0 radical (unpaired) electrons. The van der Waals surface area contributed by atoms with Crippen LogP contribution in [0.2, 0.25) is 0 Å². The van der Waals surface area contributed by atoms with Crippen LogP contribution in [0.3, 0.4) is 0 Å². The van der Waals surface area contributed by atoms with Crippen LogP contribution >= 0.6 is 0 Å². The van der Waals surface area contributed by atoms with Crippen LogP contribution in [0.25, 0.3) is 0 Å². The molecule has 2 saturated carbocycles. The predicted octanol–water partition coefficient (Wildman–Crippen LogP) is 2.29. The molecule has 128 valence electrons. The fourth-order valence-electron chi connectivity index (χ4n) is 3.96. The van der Waals surface area contributed by atoms with E-state index < -0.39 is 21.3 Å². The van der Waals surface area contributed by atoms with E-state index in [-0.39, 0.29) is 17.1 Å². The van der Waals surface area contributed by atoms with Gasteiger partial charge in [-0.25, -0.2) is 8.42 Å². The summed E-state index contributed by atoms with van der Waals surface area (Å²) in [7, 11) is -4.33. The monoisotopic (exact) mass is 356 g/mol. The molecule has 2 aliphatic rings. The van der Waals surface area contributed by atoms with Gasteiger partial charge in [-0.2, -0.15) is 0 Å². The van der Waals surface area contributed by atoms with E-state index in [9.17, 15) is 17.8 Å². The van der Waals surface area contributed by atoms with Gasteiger partial charge in [0.15, 0.2) is 0 Å². The van der Waals surface area contributed by atoms with Gasteiger partial charge in [-0.1, -0.05) is 31.5 Å². The lowest BCUT2D eigenvalue weighted by molar-refractivity contribution is -0.128. The predicted molar refractivity (Wildman–Crippen MR) is 92.7 cm³/mol. The van der Waals surface area contributed by atoms with E-state index in [1.54, 1.807) is 0 Å². The summed E-state index contributed by atoms with van der Waals surface area (Å²) in [4.78, 5) is 13.0. The largest absolute Gasteiger partial charge is 0.748 e. The number of rotatable bonds is 2. The molecule has 0 spiro atoms. The van der Waals surface area contributed by atoms with Crippen molar-refractivity contribution in [3.63, 3.8) is 0 Å². The van der Waals surface area contributed by atoms with Crippen LogP contribution < -0.4 is 0 Å². The highest BCUT2D eigenvalue weighted by Gasteiger charge is 2.64. The molecule has 2 unspecified atom stereocenters. The molecule has 0 saturated heterocycles. The van der Waals surface area contributed by atoms with Crippen LogP contribution in [0.4, 0.5) is 0 Å². The van der Waals surface area contributed by atoms with Crippen molar-refractivity contribution < 1.29 is 17.8 Å². The molecule has 6 heteroatoms. The maximum atomic E-state index is 11.8. The number of fused-ring (bicyclic) bond motifs is 2. The third kappa shape index (κ3) is 3.64. The van der Waals surface area contributed by atoms with Crippen molar-refractivity contribution in [1.29, 1.82) is 0 Å². The summed E-state index contributed by atoms with van der Waals surface area (Å²) in [6.45, 7) is 5.91. The van der Waals surface area contributed by atoms with Crippen molar-refractivity contribution in [3.05, 3.63) is 29.8 Å². The molecule has 0 aliphatic heterocycles. The Hall–Kier alpha value is -0.850. The first-order chi connectivity index (χ1) is 10.5. The molecule has 0 heterocycles. The highest BCUT2D eigenvalue weighted by atomic mass is 32.2. The number of carbonyl (C=O) groups excluding carboxylic acids is 1. The van der Waals surface area contributed by atoms with Crippen molar-refractivity contribution in [1.82, 2.24) is 0 Å². The summed E-state index contributed by atoms with van der Waals surface area (Å²) >= 11 is 3.39. The molecule has 2 fully saturated rings. The van der Waals surface area contributed by atoms with Crippen molar-refractivity contribution >= 4 is 28.5 Å². The summed E-state index contributed by atoms with van der Waals surface area (Å²) < 4.78 is 32.7. The second kappa shape index (κ2) is 6.22. The maximum Gasteiger partial charge on any atom is 0.150 e. The summed E-state index contributed by atoms with van der Waals surface area (Å²) in [6, 6.07) is 8.21. The average Bonchev–Trinajstić information content (AvgIpc) is 2.75. The first-order valence-electron chi connectivity index (χ1n) is 7.73. The van der Waals surface area contributed by atoms with Gasteiger partial charge >= 0.3 is 0 Å². The zero-order chi connectivity index (χ0) is 17.5. The van der Waals surface area contributed by atoms with Gasteiger partial charge in [0.2, 0.25) is 0 Å². The van der Waals surface area contributed by atoms with E-state index in [0.717, 1.165) is 11.3 Å². The minimum atomic E-state index is -4.33. The average molecular weight is 357 g/mol. The van der Waals surface area contributed by atoms with Crippen LogP contribution in [0.15, 0.2) is 29.2 Å². The normalized spacial score (nSPS) is 28.4. The maximum absolute atomic E-state index is 11.8. The standard InChI is InChI=1S/C10H16O4S.C7H8S/c1-9(2)7-3-4-10(9,8(11)5-7)6-15(12,13)14;1-6-2-4-7(8)5-3-6/h7H,3-6H2,1-2H3,(H,12,13,14);2-5,8H,1H3. The van der Waals surface area contributed by atoms with Crippen LogP contribution in [0.1, 0.15) is 38.7 Å². The number of carbonyl (C=O) groups is 1. The first-order valence-corrected chi connectivity index (χ1v) is 9.81. The zero-order valence-electron chi connectivity index (χ0n) is 13.8. The number of aryl methyl sites for hydroxylation is 1. The molecule has 1 aromatic carbocycles. The lowest BCUT2D eigenvalue weighted by Gasteiger charge is -2.37. The SMILES string of the molecule is CC1(C)C2CCC1(CS(=O)(=O)[O-])C(=O)C2.Cc1ccc([SH2+])cc1. The van der Waals surface area contributed by atoms with Gasteiger partial charge in [-0.3, -0.25) is 4.79 Å². The van der Waals surface area contributed by atoms with E-state index in [0.29, 0.717) is 12.8 Å². The molecule has 2 bridgehead atoms. The third-order valence-electron chi connectivity index (χ3n) is 5.61. The molecule has 2 atom stereocenters. The molecule has 0 N–H and O–H groups in total. The highest BCUT2D eigenvalue weighted by molar-refractivity contribution is 7.85. The Bertz CT molecular complexity index is 671. The van der Waals surface area contributed by atoms with Gasteiger partial charge in [0.05, 0.1) is 15.9 Å². The Morgan fingerprint density at radius 3 is 2.17 bits per heavy atom. The van der Waals surface area contributed by atoms with E-state index in [1.165, 1.54) is 5.56 Å². The lowest BCUT2D eigenvalue weighted by atomic mass is 9.70. The van der Waals surface area contributed by atoms with E-state index in [4.69, 9.17) is 0 Å². The molecule has 0 aromatic heterocycles. The van der Waals surface area contributed by atoms with E-state index in [1.807, 2.05) is 26.0 Å². The molecule has 1 aromatic rings. The molecule has 23 heavy (non-hydrogen) atoms. The fourth-order valence-corrected chi connectivity index (χ4v) is 5.41. The van der Waals surface area contributed by atoms with Crippen molar-refractivity contribution in [2.45, 2.75) is 44.9 Å². The number of benzene rings is 1. The third-order valence-corrected chi connectivity index (χ3v) is 6.79. The number of hydrogen-bond donors (Lipinski definition) is 0. The quantitative estimate of drug-likeness (QED) is 0.602. The minimum Gasteiger partial charge on any atom is -0.748 e. The van der Waals surface area contributed by atoms with Gasteiger partial charge < -0.3 is 4.55 Å². The summed E-state index contributed by atoms with van der Waals surface area (Å²) in [5.74, 6) is -0.280. The lowest BCUT2D eigenvalue weighted by Crippen LogP contribution is -2.42. The molecule has 3 rings (SSSR count). The van der Waals surface area contributed by atoms with Crippen molar-refractivity contribution in [2.24, 2.45) is 16.7 Å². The number of hydrogen-bond acceptors (Lipinski definition) is 4. The minimum absolute atomic E-state index is 0.0248. The van der Waals surface area contributed by atoms with E-state index in [2.05, 4.69) is 31.7 Å². The van der Waals surface area contributed by atoms with E-state index >= 15 is 0 Å². The van der Waals surface area contributed by atoms with Gasteiger partial charge in [0, 0.05) is 11.8 Å². The van der Waals surface area contributed by atoms with Crippen LogP contribution in [0.5, 0.6) is 0 Å². The molecule has 2 aliphatic carbocycles. The Morgan fingerprint density at radius 1 is 1.26 bits per heavy atom. The fraction of sp³-hybridized carbons (Fsp3) is 0.588. The van der Waals surface area contributed by atoms with Crippen LogP contribution in [0, 0.1) is 23.7 Å². The summed E-state index contributed by atoms with van der Waals surface area (Å²) in [5.41, 5.74) is 0.0757. The summed E-state index contributed by atoms with van der Waals surface area (Å²) in [6.07, 6.45) is 1.88. The Morgan fingerprint density at radius 2 is 1.83 bits per heavy atom. The molecular formula is C17H24O4S2. The number of Topliss-reactive ketones (excluding diaryl/α,β-unsaturated/α-hetero) is 1. The zero-order valence-corrected chi connectivity index (χ0v) is 15.6. The van der Waals surface area contributed by atoms with Crippen LogP contribution in [-0.2, 0) is 27.5 Å². The number of ketones is 1. The Balaban J connectivity index is 0.000000203. The Kier molecular flexibility index (Phi) is 5.00. The Labute approximate surface area is 143 Å². The molecule has 4 nitrogen and oxygen atoms in total. The second-order valence-electron chi connectivity index (χ2n) is 7.23. The highest BCUT2D eigenvalue weighted by Crippen LogP contribution is 2.64. The van der Waals surface area contributed by atoms with Crippen molar-refractivity contribution in [2.75, 3.05) is 5.75 Å². The van der Waals surface area contributed by atoms with Gasteiger partial charge in [-0.15, -0.1) is 0 Å². The smallest absolute Gasteiger partial charge is 0.150 e. The van der Waals surface area contributed by atoms with Crippen molar-refractivity contribution in [3.8, 4) is 0 Å². The first kappa shape index (κ1) is 18.5. The second-order valence-corrected chi connectivity index (χ2v) is 9.22. The summed E-state index contributed by atoms with van der Waals surface area (Å²) in [5, 5.41) is 0. The molecular weight excluding hydrogens is 332 g/mol.